The van der Waals surface area contributed by atoms with Gasteiger partial charge in [-0.15, -0.1) is 0 Å². The van der Waals surface area contributed by atoms with E-state index in [9.17, 15) is 14.0 Å². The van der Waals surface area contributed by atoms with E-state index in [0.29, 0.717) is 22.8 Å². The minimum atomic E-state index is -0.683. The zero-order chi connectivity index (χ0) is 24.2. The quantitative estimate of drug-likeness (QED) is 0.233. The van der Waals surface area contributed by atoms with Gasteiger partial charge in [0.05, 0.1) is 17.2 Å². The fourth-order valence-electron chi connectivity index (χ4n) is 3.09. The van der Waals surface area contributed by atoms with Gasteiger partial charge in [-0.25, -0.2) is 19.0 Å². The molecule has 172 valence electrons. The molecule has 0 amide bonds. The molecular weight excluding hydrogens is 484 g/mol. The number of hydrogen-bond donors (Lipinski definition) is 0. The molecule has 4 rings (SSSR count). The summed E-state index contributed by atoms with van der Waals surface area (Å²) in [6.07, 6.45) is 1.48. The third-order valence-corrected chi connectivity index (χ3v) is 5.16. The van der Waals surface area contributed by atoms with Crippen molar-refractivity contribution in [2.45, 2.75) is 6.92 Å². The number of carbonyl (C=O) groups excluding carboxylic acids is 2. The zero-order valence-corrected chi connectivity index (χ0v) is 19.2. The Bertz CT molecular complexity index is 1350. The van der Waals surface area contributed by atoms with Crippen LogP contribution in [0.5, 0.6) is 11.5 Å². The third kappa shape index (κ3) is 5.27. The molecule has 0 aliphatic carbocycles. The summed E-state index contributed by atoms with van der Waals surface area (Å²) in [4.78, 5) is 29.0. The van der Waals surface area contributed by atoms with Gasteiger partial charge < -0.3 is 14.2 Å². The van der Waals surface area contributed by atoms with Crippen LogP contribution in [0.1, 0.15) is 28.4 Å². The van der Waals surface area contributed by atoms with Crippen molar-refractivity contribution in [1.29, 1.82) is 0 Å². The average molecular weight is 500 g/mol. The lowest BCUT2D eigenvalue weighted by Crippen LogP contribution is -2.10. The molecule has 0 radical (unpaired) electrons. The van der Waals surface area contributed by atoms with Gasteiger partial charge in [0.2, 0.25) is 5.90 Å². The molecule has 0 saturated heterocycles. The maximum atomic E-state index is 13.5. The highest BCUT2D eigenvalue weighted by Crippen LogP contribution is 2.32. The molecule has 1 aliphatic rings. The van der Waals surface area contributed by atoms with Crippen molar-refractivity contribution in [3.8, 4) is 11.5 Å². The van der Waals surface area contributed by atoms with Crippen molar-refractivity contribution >= 4 is 47.1 Å². The first kappa shape index (κ1) is 23.5. The molecule has 34 heavy (non-hydrogen) atoms. The summed E-state index contributed by atoms with van der Waals surface area (Å²) in [6, 6.07) is 14.7. The van der Waals surface area contributed by atoms with Crippen LogP contribution in [0.2, 0.25) is 10.0 Å². The molecule has 0 unspecified atom stereocenters. The smallest absolute Gasteiger partial charge is 0.363 e. The standard InChI is InChI=1S/C25H16Cl2FNO5/c1-2-32-22-11-14(6-9-21(22)33-24(30)18-8-7-16(26)13-19(18)27)10-20-25(31)34-23(29-20)15-4-3-5-17(28)12-15/h3-13H,2H2,1H3/b20-10-. The second-order valence-corrected chi connectivity index (χ2v) is 7.84. The lowest BCUT2D eigenvalue weighted by Gasteiger charge is -2.12. The summed E-state index contributed by atoms with van der Waals surface area (Å²) >= 11 is 12.0. The first-order chi connectivity index (χ1) is 16.3. The Morgan fingerprint density at radius 3 is 2.65 bits per heavy atom. The Hall–Kier alpha value is -3.68. The second-order valence-electron chi connectivity index (χ2n) is 7.00. The van der Waals surface area contributed by atoms with E-state index in [0.717, 1.165) is 0 Å². The molecule has 9 heteroatoms. The molecule has 6 nitrogen and oxygen atoms in total. The molecule has 0 N–H and O–H groups in total. The van der Waals surface area contributed by atoms with Crippen molar-refractivity contribution in [3.05, 3.63) is 98.9 Å². The lowest BCUT2D eigenvalue weighted by atomic mass is 10.1. The first-order valence-corrected chi connectivity index (χ1v) is 10.8. The highest BCUT2D eigenvalue weighted by molar-refractivity contribution is 6.36. The van der Waals surface area contributed by atoms with Gasteiger partial charge in [0.15, 0.2) is 17.2 Å². The van der Waals surface area contributed by atoms with E-state index >= 15 is 0 Å². The van der Waals surface area contributed by atoms with E-state index in [1.54, 1.807) is 25.1 Å². The van der Waals surface area contributed by atoms with Crippen molar-refractivity contribution in [2.75, 3.05) is 6.61 Å². The Morgan fingerprint density at radius 2 is 1.91 bits per heavy atom. The van der Waals surface area contributed by atoms with Crippen LogP contribution in [0.15, 0.2) is 71.4 Å². The van der Waals surface area contributed by atoms with Crippen molar-refractivity contribution in [2.24, 2.45) is 4.99 Å². The van der Waals surface area contributed by atoms with Crippen LogP contribution in [-0.4, -0.2) is 24.4 Å². The SMILES string of the molecule is CCOc1cc(/C=C2\N=C(c3cccc(F)c3)OC2=O)ccc1OC(=O)c1ccc(Cl)cc1Cl. The minimum absolute atomic E-state index is 0.00572. The van der Waals surface area contributed by atoms with E-state index in [1.807, 2.05) is 0 Å². The zero-order valence-electron chi connectivity index (χ0n) is 17.7. The Kier molecular flexibility index (Phi) is 6.95. The molecule has 3 aromatic carbocycles. The average Bonchev–Trinajstić information content (AvgIpc) is 3.16. The maximum Gasteiger partial charge on any atom is 0.363 e. The summed E-state index contributed by atoms with van der Waals surface area (Å²) in [5, 5.41) is 0.547. The number of benzene rings is 3. The second kappa shape index (κ2) is 10.1. The molecular formula is C25H16Cl2FNO5. The summed E-state index contributed by atoms with van der Waals surface area (Å²) < 4.78 is 29.7. The van der Waals surface area contributed by atoms with Crippen LogP contribution in [0.25, 0.3) is 6.08 Å². The highest BCUT2D eigenvalue weighted by Gasteiger charge is 2.25. The van der Waals surface area contributed by atoms with Gasteiger partial charge in [-0.05, 0) is 67.1 Å². The number of aliphatic imine (C=N–C) groups is 1. The molecule has 0 fully saturated rings. The lowest BCUT2D eigenvalue weighted by molar-refractivity contribution is -0.129. The van der Waals surface area contributed by atoms with Gasteiger partial charge in [0.25, 0.3) is 0 Å². The number of halogens is 3. The van der Waals surface area contributed by atoms with E-state index in [-0.39, 0.29) is 33.7 Å². The predicted molar refractivity (Wildman–Crippen MR) is 126 cm³/mol. The van der Waals surface area contributed by atoms with E-state index in [4.69, 9.17) is 37.4 Å². The predicted octanol–water partition coefficient (Wildman–Crippen LogP) is 6.09. The molecule has 0 atom stereocenters. The molecule has 0 aromatic heterocycles. The number of carbonyl (C=O) groups is 2. The number of ether oxygens (including phenoxy) is 3. The highest BCUT2D eigenvalue weighted by atomic mass is 35.5. The minimum Gasteiger partial charge on any atom is -0.490 e. The summed E-state index contributed by atoms with van der Waals surface area (Å²) in [5.74, 6) is -1.39. The first-order valence-electron chi connectivity index (χ1n) is 10.1. The van der Waals surface area contributed by atoms with E-state index < -0.39 is 17.8 Å². The van der Waals surface area contributed by atoms with Gasteiger partial charge >= 0.3 is 11.9 Å². The van der Waals surface area contributed by atoms with Crippen molar-refractivity contribution in [3.63, 3.8) is 0 Å². The molecule has 0 bridgehead atoms. The van der Waals surface area contributed by atoms with Gasteiger partial charge in [-0.1, -0.05) is 35.3 Å². The largest absolute Gasteiger partial charge is 0.490 e. The Morgan fingerprint density at radius 1 is 1.09 bits per heavy atom. The Labute approximate surface area is 204 Å². The number of cyclic esters (lactones) is 1. The topological polar surface area (TPSA) is 74.2 Å². The van der Waals surface area contributed by atoms with Crippen LogP contribution in [0, 0.1) is 5.82 Å². The Balaban J connectivity index is 1.60. The van der Waals surface area contributed by atoms with Crippen LogP contribution < -0.4 is 9.47 Å². The fraction of sp³-hybridized carbons (Fsp3) is 0.0800. The van der Waals surface area contributed by atoms with E-state index in [2.05, 4.69) is 4.99 Å². The maximum absolute atomic E-state index is 13.5. The van der Waals surface area contributed by atoms with Gasteiger partial charge in [0, 0.05) is 10.6 Å². The van der Waals surface area contributed by atoms with Crippen molar-refractivity contribution < 1.29 is 28.2 Å². The monoisotopic (exact) mass is 499 g/mol. The summed E-state index contributed by atoms with van der Waals surface area (Å²) in [7, 11) is 0. The molecule has 1 aliphatic heterocycles. The van der Waals surface area contributed by atoms with Crippen LogP contribution in [-0.2, 0) is 9.53 Å². The molecule has 1 heterocycles. The normalized spacial score (nSPS) is 14.1. The van der Waals surface area contributed by atoms with Crippen LogP contribution >= 0.6 is 23.2 Å². The molecule has 0 saturated carbocycles. The van der Waals surface area contributed by atoms with Gasteiger partial charge in [-0.3, -0.25) is 0 Å². The number of esters is 2. The third-order valence-electron chi connectivity index (χ3n) is 4.62. The number of nitrogens with zero attached hydrogens (tertiary/aromatic N) is 1. The van der Waals surface area contributed by atoms with E-state index in [1.165, 1.54) is 48.5 Å². The fourth-order valence-corrected chi connectivity index (χ4v) is 3.57. The molecule has 3 aromatic rings. The van der Waals surface area contributed by atoms with Crippen LogP contribution in [0.4, 0.5) is 4.39 Å². The van der Waals surface area contributed by atoms with Gasteiger partial charge in [-0.2, -0.15) is 0 Å². The van der Waals surface area contributed by atoms with Crippen LogP contribution in [0.3, 0.4) is 0 Å². The summed E-state index contributed by atoms with van der Waals surface area (Å²) in [5.41, 5.74) is 1.06. The number of rotatable bonds is 6. The van der Waals surface area contributed by atoms with Crippen molar-refractivity contribution in [1.82, 2.24) is 0 Å². The molecule has 0 spiro atoms. The number of hydrogen-bond acceptors (Lipinski definition) is 6. The summed E-state index contributed by atoms with van der Waals surface area (Å²) in [6.45, 7) is 2.08. The van der Waals surface area contributed by atoms with Gasteiger partial charge in [0.1, 0.15) is 5.82 Å².